The van der Waals surface area contributed by atoms with Gasteiger partial charge in [-0.05, 0) is 63.1 Å². The van der Waals surface area contributed by atoms with E-state index < -0.39 is 0 Å². The van der Waals surface area contributed by atoms with Gasteiger partial charge in [0, 0.05) is 11.3 Å². The second kappa shape index (κ2) is 9.62. The van der Waals surface area contributed by atoms with Crippen LogP contribution in [0.5, 0.6) is 11.5 Å². The van der Waals surface area contributed by atoms with Crippen LogP contribution in [0.3, 0.4) is 0 Å². The minimum atomic E-state index is -0.265. The quantitative estimate of drug-likeness (QED) is 0.561. The van der Waals surface area contributed by atoms with E-state index in [1.165, 1.54) is 6.21 Å². The number of methoxy groups -OCH3 is 1. The lowest BCUT2D eigenvalue weighted by Gasteiger charge is -2.13. The largest absolute Gasteiger partial charge is 0.493 e. The second-order valence-corrected chi connectivity index (χ2v) is 6.45. The van der Waals surface area contributed by atoms with E-state index in [1.807, 2.05) is 58.0 Å². The summed E-state index contributed by atoms with van der Waals surface area (Å²) in [6.07, 6.45) is 1.57. The van der Waals surface area contributed by atoms with Gasteiger partial charge < -0.3 is 19.6 Å². The zero-order valence-electron chi connectivity index (χ0n) is 16.4. The van der Waals surface area contributed by atoms with Crippen molar-refractivity contribution in [1.29, 1.82) is 0 Å². The van der Waals surface area contributed by atoms with Crippen LogP contribution in [0, 0.1) is 13.8 Å². The molecule has 27 heavy (non-hydrogen) atoms. The van der Waals surface area contributed by atoms with E-state index in [0.29, 0.717) is 11.5 Å². The SMILES string of the molecule is COc1cc(/C=N\OCC(=O)Nc2cc(C)ccc2C)ccc1OC(C)C. The summed E-state index contributed by atoms with van der Waals surface area (Å²) in [6.45, 7) is 7.64. The zero-order chi connectivity index (χ0) is 19.8. The summed E-state index contributed by atoms with van der Waals surface area (Å²) in [5.74, 6) is 1.01. The molecule has 2 aromatic rings. The van der Waals surface area contributed by atoms with Crippen LogP contribution in [0.1, 0.15) is 30.5 Å². The van der Waals surface area contributed by atoms with Gasteiger partial charge in [-0.15, -0.1) is 0 Å². The van der Waals surface area contributed by atoms with Crippen LogP contribution in [-0.2, 0) is 9.63 Å². The Labute approximate surface area is 160 Å². The number of carbonyl (C=O) groups is 1. The maximum Gasteiger partial charge on any atom is 0.265 e. The lowest BCUT2D eigenvalue weighted by molar-refractivity contribution is -0.120. The van der Waals surface area contributed by atoms with Crippen LogP contribution < -0.4 is 14.8 Å². The predicted octanol–water partition coefficient (Wildman–Crippen LogP) is 4.09. The summed E-state index contributed by atoms with van der Waals surface area (Å²) in [5.41, 5.74) is 3.62. The molecule has 0 atom stereocenters. The molecule has 0 spiro atoms. The highest BCUT2D eigenvalue weighted by atomic mass is 16.6. The molecule has 0 aliphatic rings. The first kappa shape index (κ1) is 20.3. The molecule has 2 rings (SSSR count). The molecule has 0 unspecified atom stereocenters. The predicted molar refractivity (Wildman–Crippen MR) is 107 cm³/mol. The standard InChI is InChI=1S/C21H26N2O4/c1-14(2)27-19-9-8-17(11-20(19)25-5)12-22-26-13-21(24)23-18-10-15(3)6-7-16(18)4/h6-12,14H,13H2,1-5H3,(H,23,24)/b22-12-. The molecule has 0 bridgehead atoms. The van der Waals surface area contributed by atoms with E-state index >= 15 is 0 Å². The first-order valence-corrected chi connectivity index (χ1v) is 8.76. The average molecular weight is 370 g/mol. The summed E-state index contributed by atoms with van der Waals surface area (Å²) < 4.78 is 11.0. The minimum absolute atomic E-state index is 0.0531. The summed E-state index contributed by atoms with van der Waals surface area (Å²) in [4.78, 5) is 17.1. The van der Waals surface area contributed by atoms with Crippen molar-refractivity contribution in [2.45, 2.75) is 33.8 Å². The number of hydrogen-bond acceptors (Lipinski definition) is 5. The lowest BCUT2D eigenvalue weighted by atomic mass is 10.1. The number of hydrogen-bond donors (Lipinski definition) is 1. The fourth-order valence-electron chi connectivity index (χ4n) is 2.37. The molecule has 0 radical (unpaired) electrons. The van der Waals surface area contributed by atoms with Gasteiger partial charge in [0.1, 0.15) is 0 Å². The Bertz CT molecular complexity index is 816. The fraction of sp³-hybridized carbons (Fsp3) is 0.333. The number of carbonyl (C=O) groups excluding carboxylic acids is 1. The van der Waals surface area contributed by atoms with Crippen molar-refractivity contribution >= 4 is 17.8 Å². The van der Waals surface area contributed by atoms with Gasteiger partial charge in [-0.2, -0.15) is 0 Å². The molecular formula is C21H26N2O4. The number of rotatable bonds is 8. The molecule has 6 nitrogen and oxygen atoms in total. The first-order chi connectivity index (χ1) is 12.9. The number of anilines is 1. The maximum atomic E-state index is 12.0. The van der Waals surface area contributed by atoms with Crippen LogP contribution in [0.4, 0.5) is 5.69 Å². The molecule has 144 valence electrons. The molecule has 1 amide bonds. The van der Waals surface area contributed by atoms with Gasteiger partial charge >= 0.3 is 0 Å². The average Bonchev–Trinajstić information content (AvgIpc) is 2.62. The van der Waals surface area contributed by atoms with Crippen LogP contribution in [0.2, 0.25) is 0 Å². The molecule has 2 aromatic carbocycles. The van der Waals surface area contributed by atoms with Crippen LogP contribution in [0.15, 0.2) is 41.6 Å². The Hall–Kier alpha value is -3.02. The molecule has 6 heteroatoms. The van der Waals surface area contributed by atoms with Crippen molar-refractivity contribution in [1.82, 2.24) is 0 Å². The van der Waals surface area contributed by atoms with Crippen LogP contribution in [-0.4, -0.2) is 31.9 Å². The summed E-state index contributed by atoms with van der Waals surface area (Å²) in [6, 6.07) is 11.3. The molecule has 1 N–H and O–H groups in total. The molecule has 0 saturated carbocycles. The third kappa shape index (κ3) is 6.33. The van der Waals surface area contributed by atoms with Crippen LogP contribution in [0.25, 0.3) is 0 Å². The first-order valence-electron chi connectivity index (χ1n) is 8.76. The minimum Gasteiger partial charge on any atom is -0.493 e. The highest BCUT2D eigenvalue weighted by Crippen LogP contribution is 2.28. The van der Waals surface area contributed by atoms with Gasteiger partial charge in [-0.3, -0.25) is 4.79 Å². The van der Waals surface area contributed by atoms with E-state index in [2.05, 4.69) is 10.5 Å². The van der Waals surface area contributed by atoms with Gasteiger partial charge in [0.25, 0.3) is 5.91 Å². The monoisotopic (exact) mass is 370 g/mol. The maximum absolute atomic E-state index is 12.0. The number of benzene rings is 2. The van der Waals surface area contributed by atoms with Crippen molar-refractivity contribution in [3.8, 4) is 11.5 Å². The fourth-order valence-corrected chi connectivity index (χ4v) is 2.37. The van der Waals surface area contributed by atoms with E-state index in [1.54, 1.807) is 13.2 Å². The molecule has 0 saturated heterocycles. The highest BCUT2D eigenvalue weighted by molar-refractivity contribution is 5.92. The van der Waals surface area contributed by atoms with Crippen LogP contribution >= 0.6 is 0 Å². The van der Waals surface area contributed by atoms with Gasteiger partial charge in [0.2, 0.25) is 0 Å². The normalized spacial score (nSPS) is 10.9. The molecular weight excluding hydrogens is 344 g/mol. The van der Waals surface area contributed by atoms with Crippen molar-refractivity contribution < 1.29 is 19.1 Å². The Kier molecular flexibility index (Phi) is 7.23. The Balaban J connectivity index is 1.89. The zero-order valence-corrected chi connectivity index (χ0v) is 16.4. The van der Waals surface area contributed by atoms with Gasteiger partial charge in [-0.1, -0.05) is 17.3 Å². The molecule has 0 aliphatic carbocycles. The van der Waals surface area contributed by atoms with Crippen molar-refractivity contribution in [3.63, 3.8) is 0 Å². The molecule has 0 heterocycles. The Morgan fingerprint density at radius 2 is 1.93 bits per heavy atom. The summed E-state index contributed by atoms with van der Waals surface area (Å²) in [5, 5.41) is 6.67. The molecule has 0 fully saturated rings. The third-order valence-electron chi connectivity index (χ3n) is 3.69. The van der Waals surface area contributed by atoms with E-state index in [0.717, 1.165) is 22.4 Å². The third-order valence-corrected chi connectivity index (χ3v) is 3.69. The summed E-state index contributed by atoms with van der Waals surface area (Å²) in [7, 11) is 1.58. The lowest BCUT2D eigenvalue weighted by Crippen LogP contribution is -2.17. The number of amides is 1. The Morgan fingerprint density at radius 3 is 2.63 bits per heavy atom. The number of oxime groups is 1. The summed E-state index contributed by atoms with van der Waals surface area (Å²) >= 11 is 0. The van der Waals surface area contributed by atoms with Crippen molar-refractivity contribution in [2.24, 2.45) is 5.16 Å². The topological polar surface area (TPSA) is 69.2 Å². The Morgan fingerprint density at radius 1 is 1.15 bits per heavy atom. The number of ether oxygens (including phenoxy) is 2. The van der Waals surface area contributed by atoms with Gasteiger partial charge in [0.15, 0.2) is 18.1 Å². The van der Waals surface area contributed by atoms with E-state index in [4.69, 9.17) is 14.3 Å². The van der Waals surface area contributed by atoms with E-state index in [9.17, 15) is 4.79 Å². The van der Waals surface area contributed by atoms with Crippen molar-refractivity contribution in [3.05, 3.63) is 53.1 Å². The number of nitrogens with one attached hydrogen (secondary N) is 1. The number of aryl methyl sites for hydroxylation is 2. The highest BCUT2D eigenvalue weighted by Gasteiger charge is 2.07. The molecule has 0 aromatic heterocycles. The second-order valence-electron chi connectivity index (χ2n) is 6.45. The van der Waals surface area contributed by atoms with Crippen molar-refractivity contribution in [2.75, 3.05) is 19.0 Å². The smallest absolute Gasteiger partial charge is 0.265 e. The number of nitrogens with zero attached hydrogens (tertiary/aromatic N) is 1. The van der Waals surface area contributed by atoms with E-state index in [-0.39, 0.29) is 18.6 Å². The van der Waals surface area contributed by atoms with Gasteiger partial charge in [-0.25, -0.2) is 0 Å². The van der Waals surface area contributed by atoms with Gasteiger partial charge in [0.05, 0.1) is 19.4 Å². The molecule has 0 aliphatic heterocycles.